The van der Waals surface area contributed by atoms with Gasteiger partial charge in [0, 0.05) is 6.61 Å². The van der Waals surface area contributed by atoms with Gasteiger partial charge in [-0.25, -0.2) is 9.45 Å². The molecule has 1 atom stereocenters. The van der Waals surface area contributed by atoms with Crippen molar-refractivity contribution in [1.82, 2.24) is 0 Å². The highest BCUT2D eigenvalue weighted by atomic mass is 31.2. The number of phosphoric acid groups is 1. The van der Waals surface area contributed by atoms with Crippen LogP contribution in [0, 0.1) is 0 Å². The summed E-state index contributed by atoms with van der Waals surface area (Å²) in [4.78, 5) is 13.7. The molecule has 0 heterocycles. The number of rotatable bonds is 11. The van der Waals surface area contributed by atoms with E-state index < -0.39 is 7.82 Å². The lowest BCUT2D eigenvalue weighted by Gasteiger charge is -2.10. The van der Waals surface area contributed by atoms with Crippen molar-refractivity contribution in [2.45, 2.75) is 33.1 Å². The zero-order valence-electron chi connectivity index (χ0n) is 9.89. The summed E-state index contributed by atoms with van der Waals surface area (Å²) in [5, 5.41) is 0. The highest BCUT2D eigenvalue weighted by Gasteiger charge is 2.22. The van der Waals surface area contributed by atoms with Gasteiger partial charge >= 0.3 is 7.82 Å². The fourth-order valence-electron chi connectivity index (χ4n) is 0.892. The third kappa shape index (κ3) is 10.5. The summed E-state index contributed by atoms with van der Waals surface area (Å²) in [7, 11) is -4.08. The Morgan fingerprint density at radius 2 is 1.88 bits per heavy atom. The second-order valence-corrected chi connectivity index (χ2v) is 4.45. The molecule has 6 nitrogen and oxygen atoms in total. The van der Waals surface area contributed by atoms with E-state index in [4.69, 9.17) is 9.63 Å². The highest BCUT2D eigenvalue weighted by Crippen LogP contribution is 2.43. The van der Waals surface area contributed by atoms with E-state index in [-0.39, 0.29) is 19.8 Å². The van der Waals surface area contributed by atoms with E-state index in [9.17, 15) is 4.57 Å². The molecule has 16 heavy (non-hydrogen) atoms. The van der Waals surface area contributed by atoms with Crippen LogP contribution in [0.1, 0.15) is 33.1 Å². The molecule has 0 aliphatic carbocycles. The van der Waals surface area contributed by atoms with Gasteiger partial charge in [0.2, 0.25) is 0 Å². The van der Waals surface area contributed by atoms with Crippen LogP contribution in [0.2, 0.25) is 0 Å². The van der Waals surface area contributed by atoms with Gasteiger partial charge in [0.15, 0.2) is 0 Å². The van der Waals surface area contributed by atoms with Crippen LogP contribution in [0.4, 0.5) is 0 Å². The van der Waals surface area contributed by atoms with Gasteiger partial charge in [-0.05, 0) is 13.3 Å². The molecule has 0 spiro atoms. The highest BCUT2D eigenvalue weighted by molar-refractivity contribution is 7.47. The summed E-state index contributed by atoms with van der Waals surface area (Å²) >= 11 is 0. The Balaban J connectivity index is 3.43. The molecule has 0 amide bonds. The second kappa shape index (κ2) is 10.2. The minimum Gasteiger partial charge on any atom is -0.379 e. The second-order valence-electron chi connectivity index (χ2n) is 3.10. The maximum Gasteiger partial charge on any atom is 0.499 e. The van der Waals surface area contributed by atoms with E-state index in [1.54, 1.807) is 0 Å². The lowest BCUT2D eigenvalue weighted by molar-refractivity contribution is -0.225. The van der Waals surface area contributed by atoms with E-state index in [1.165, 1.54) is 0 Å². The summed E-state index contributed by atoms with van der Waals surface area (Å²) < 4.78 is 24.9. The minimum atomic E-state index is -4.08. The first-order chi connectivity index (χ1) is 7.62. The van der Waals surface area contributed by atoms with Gasteiger partial charge in [-0.3, -0.25) is 4.52 Å². The van der Waals surface area contributed by atoms with E-state index >= 15 is 0 Å². The van der Waals surface area contributed by atoms with Crippen molar-refractivity contribution in [3.05, 3.63) is 0 Å². The molecule has 0 radical (unpaired) electrons. The molecule has 0 saturated heterocycles. The predicted molar refractivity (Wildman–Crippen MR) is 58.8 cm³/mol. The first-order valence-electron chi connectivity index (χ1n) is 5.48. The third-order valence-electron chi connectivity index (χ3n) is 1.66. The van der Waals surface area contributed by atoms with Crippen LogP contribution in [0.15, 0.2) is 0 Å². The predicted octanol–water partition coefficient (Wildman–Crippen LogP) is 2.28. The number of unbranched alkanes of at least 4 members (excludes halogenated alkanes) is 2. The Morgan fingerprint density at radius 3 is 2.50 bits per heavy atom. The quantitative estimate of drug-likeness (QED) is 0.264. The molecule has 1 unspecified atom stereocenters. The van der Waals surface area contributed by atoms with Gasteiger partial charge in [-0.2, -0.15) is 0 Å². The summed E-state index contributed by atoms with van der Waals surface area (Å²) in [5.74, 6) is 0. The van der Waals surface area contributed by atoms with Crippen LogP contribution in [0.3, 0.4) is 0 Å². The maximum absolute atomic E-state index is 11.1. The Hall–Kier alpha value is 0.0300. The first-order valence-corrected chi connectivity index (χ1v) is 6.98. The Labute approximate surface area is 96.4 Å². The molecule has 0 aromatic heterocycles. The lowest BCUT2D eigenvalue weighted by atomic mass is 10.3. The lowest BCUT2D eigenvalue weighted by Crippen LogP contribution is -2.05. The molecule has 98 valence electrons. The van der Waals surface area contributed by atoms with Crippen LogP contribution in [-0.2, 0) is 23.4 Å². The van der Waals surface area contributed by atoms with Gasteiger partial charge in [0.05, 0.1) is 19.8 Å². The fourth-order valence-corrected chi connectivity index (χ4v) is 1.45. The molecule has 0 rings (SSSR count). The third-order valence-corrected chi connectivity index (χ3v) is 2.47. The average Bonchev–Trinajstić information content (AvgIpc) is 2.24. The van der Waals surface area contributed by atoms with Crippen molar-refractivity contribution in [3.63, 3.8) is 0 Å². The standard InChI is InChI=1S/C9H21O6P/c1-3-5-6-7-13-15-16(10,11)14-9-8-12-4-2/h3-9H2,1-2H3,(H,10,11). The van der Waals surface area contributed by atoms with Crippen LogP contribution in [-0.4, -0.2) is 31.3 Å². The minimum absolute atomic E-state index is 0.0000617. The summed E-state index contributed by atoms with van der Waals surface area (Å²) in [5.41, 5.74) is 0. The van der Waals surface area contributed by atoms with Gasteiger partial charge < -0.3 is 9.63 Å². The largest absolute Gasteiger partial charge is 0.499 e. The number of hydrogen-bond acceptors (Lipinski definition) is 5. The molecular weight excluding hydrogens is 235 g/mol. The summed E-state index contributed by atoms with van der Waals surface area (Å²) in [6, 6.07) is 0. The van der Waals surface area contributed by atoms with Crippen LogP contribution < -0.4 is 0 Å². The van der Waals surface area contributed by atoms with Crippen molar-refractivity contribution < 1.29 is 28.3 Å². The molecule has 0 bridgehead atoms. The van der Waals surface area contributed by atoms with E-state index in [0.29, 0.717) is 6.61 Å². The number of phosphoric ester groups is 1. The molecule has 0 aliphatic rings. The molecule has 0 fully saturated rings. The van der Waals surface area contributed by atoms with E-state index in [0.717, 1.165) is 19.3 Å². The Bertz CT molecular complexity index is 198. The molecule has 0 saturated carbocycles. The summed E-state index contributed by atoms with van der Waals surface area (Å²) in [6.07, 6.45) is 2.82. The summed E-state index contributed by atoms with van der Waals surface area (Å²) in [6.45, 7) is 4.95. The van der Waals surface area contributed by atoms with Crippen molar-refractivity contribution in [2.75, 3.05) is 26.4 Å². The Kier molecular flexibility index (Phi) is 10.2. The number of hydrogen-bond donors (Lipinski definition) is 1. The van der Waals surface area contributed by atoms with Crippen molar-refractivity contribution in [2.24, 2.45) is 0 Å². The van der Waals surface area contributed by atoms with E-state index in [1.807, 2.05) is 6.92 Å². The van der Waals surface area contributed by atoms with Crippen molar-refractivity contribution in [3.8, 4) is 0 Å². The van der Waals surface area contributed by atoms with Gasteiger partial charge in [0.25, 0.3) is 0 Å². The van der Waals surface area contributed by atoms with Crippen molar-refractivity contribution >= 4 is 7.82 Å². The maximum atomic E-state index is 11.1. The van der Waals surface area contributed by atoms with Gasteiger partial charge in [-0.1, -0.05) is 19.8 Å². The SMILES string of the molecule is CCCCCOOP(=O)(O)OCCOCC. The number of ether oxygens (including phenoxy) is 1. The first kappa shape index (κ1) is 16.0. The fraction of sp³-hybridized carbons (Fsp3) is 1.00. The van der Waals surface area contributed by atoms with E-state index in [2.05, 4.69) is 21.0 Å². The van der Waals surface area contributed by atoms with Crippen LogP contribution in [0.25, 0.3) is 0 Å². The molecular formula is C9H21O6P. The van der Waals surface area contributed by atoms with Crippen LogP contribution in [0.5, 0.6) is 0 Å². The molecule has 0 aliphatic heterocycles. The van der Waals surface area contributed by atoms with Gasteiger partial charge in [0.1, 0.15) is 0 Å². The molecule has 7 heteroatoms. The zero-order chi connectivity index (χ0) is 12.3. The van der Waals surface area contributed by atoms with Crippen LogP contribution >= 0.6 is 7.82 Å². The zero-order valence-corrected chi connectivity index (χ0v) is 10.8. The van der Waals surface area contributed by atoms with Gasteiger partial charge in [-0.15, -0.1) is 4.67 Å². The molecule has 0 aromatic carbocycles. The Morgan fingerprint density at radius 1 is 1.12 bits per heavy atom. The monoisotopic (exact) mass is 256 g/mol. The molecule has 1 N–H and O–H groups in total. The smallest absolute Gasteiger partial charge is 0.379 e. The molecule has 0 aromatic rings. The topological polar surface area (TPSA) is 74.2 Å². The normalized spacial score (nSPS) is 14.9. The van der Waals surface area contributed by atoms with Crippen molar-refractivity contribution in [1.29, 1.82) is 0 Å². The average molecular weight is 256 g/mol.